The van der Waals surface area contributed by atoms with Crippen LogP contribution in [0.15, 0.2) is 54.6 Å². The van der Waals surface area contributed by atoms with Gasteiger partial charge in [-0.3, -0.25) is 20.0 Å². The number of nitrogens with one attached hydrogen (secondary N) is 2. The summed E-state index contributed by atoms with van der Waals surface area (Å²) in [6.45, 7) is 0. The van der Waals surface area contributed by atoms with Crippen LogP contribution in [-0.4, -0.2) is 28.1 Å². The van der Waals surface area contributed by atoms with Crippen LogP contribution in [0.4, 0.5) is 11.5 Å². The first-order valence-electron chi connectivity index (χ1n) is 7.78. The quantitative estimate of drug-likeness (QED) is 0.523. The summed E-state index contributed by atoms with van der Waals surface area (Å²) in [6.07, 6.45) is 0.177. The van der Waals surface area contributed by atoms with E-state index in [4.69, 9.17) is 4.74 Å². The van der Waals surface area contributed by atoms with Gasteiger partial charge in [-0.1, -0.05) is 24.3 Å². The standard InChI is InChI=1S/C18H16N4O4/c1-26-15-7-2-4-12(8-15)9-18(23)19-17-11-16(20-21-17)13-5-3-6-14(10-13)22(24)25/h2-8,10-11H,9H2,1H3,(H2,19,20,21,23). The van der Waals surface area contributed by atoms with Gasteiger partial charge in [0.2, 0.25) is 5.91 Å². The number of aromatic nitrogens is 2. The Morgan fingerprint density at radius 3 is 2.81 bits per heavy atom. The number of benzene rings is 2. The van der Waals surface area contributed by atoms with Crippen molar-refractivity contribution in [2.45, 2.75) is 6.42 Å². The van der Waals surface area contributed by atoms with Crippen molar-refractivity contribution in [1.82, 2.24) is 10.2 Å². The first-order valence-corrected chi connectivity index (χ1v) is 7.78. The second-order valence-electron chi connectivity index (χ2n) is 5.55. The Hall–Kier alpha value is -3.68. The fraction of sp³-hybridized carbons (Fsp3) is 0.111. The topological polar surface area (TPSA) is 110 Å². The van der Waals surface area contributed by atoms with Gasteiger partial charge in [-0.25, -0.2) is 0 Å². The molecule has 0 aliphatic heterocycles. The van der Waals surface area contributed by atoms with Crippen molar-refractivity contribution in [3.05, 3.63) is 70.3 Å². The van der Waals surface area contributed by atoms with Crippen molar-refractivity contribution in [3.63, 3.8) is 0 Å². The zero-order chi connectivity index (χ0) is 18.5. The number of amides is 1. The van der Waals surface area contributed by atoms with Crippen LogP contribution >= 0.6 is 0 Å². The molecule has 0 saturated heterocycles. The summed E-state index contributed by atoms with van der Waals surface area (Å²) in [6, 6.07) is 15.0. The van der Waals surface area contributed by atoms with Crippen molar-refractivity contribution < 1.29 is 14.5 Å². The van der Waals surface area contributed by atoms with Crippen LogP contribution in [0, 0.1) is 10.1 Å². The van der Waals surface area contributed by atoms with Crippen LogP contribution < -0.4 is 10.1 Å². The van der Waals surface area contributed by atoms with Gasteiger partial charge in [0.15, 0.2) is 5.82 Å². The molecule has 2 aromatic carbocycles. The Morgan fingerprint density at radius 2 is 2.04 bits per heavy atom. The Morgan fingerprint density at radius 1 is 1.23 bits per heavy atom. The summed E-state index contributed by atoms with van der Waals surface area (Å²) in [4.78, 5) is 22.6. The summed E-state index contributed by atoms with van der Waals surface area (Å²) >= 11 is 0. The van der Waals surface area contributed by atoms with Gasteiger partial charge in [-0.05, 0) is 17.7 Å². The highest BCUT2D eigenvalue weighted by Gasteiger charge is 2.11. The SMILES string of the molecule is COc1cccc(CC(=O)Nc2cc(-c3cccc([N+](=O)[O-])c3)[nH]n2)c1. The van der Waals surface area contributed by atoms with E-state index in [-0.39, 0.29) is 18.0 Å². The first kappa shape index (κ1) is 17.2. The molecule has 3 aromatic rings. The molecule has 0 saturated carbocycles. The summed E-state index contributed by atoms with van der Waals surface area (Å²) < 4.78 is 5.14. The average Bonchev–Trinajstić information content (AvgIpc) is 3.10. The number of nitrogens with zero attached hydrogens (tertiary/aromatic N) is 2. The van der Waals surface area contributed by atoms with Gasteiger partial charge < -0.3 is 10.1 Å². The number of carbonyl (C=O) groups excluding carboxylic acids is 1. The Balaban J connectivity index is 1.69. The normalized spacial score (nSPS) is 10.3. The maximum absolute atomic E-state index is 12.2. The average molecular weight is 352 g/mol. The number of anilines is 1. The third kappa shape index (κ3) is 4.04. The monoisotopic (exact) mass is 352 g/mol. The molecule has 0 bridgehead atoms. The van der Waals surface area contributed by atoms with Crippen LogP contribution in [-0.2, 0) is 11.2 Å². The van der Waals surface area contributed by atoms with E-state index in [1.807, 2.05) is 12.1 Å². The number of hydrogen-bond donors (Lipinski definition) is 2. The number of H-pyrrole nitrogens is 1. The van der Waals surface area contributed by atoms with Crippen LogP contribution in [0.5, 0.6) is 5.75 Å². The summed E-state index contributed by atoms with van der Waals surface area (Å²) in [5, 5.41) is 20.4. The summed E-state index contributed by atoms with van der Waals surface area (Å²) in [5.74, 6) is 0.803. The van der Waals surface area contributed by atoms with Crippen molar-refractivity contribution in [2.75, 3.05) is 12.4 Å². The van der Waals surface area contributed by atoms with Gasteiger partial charge in [0, 0.05) is 23.8 Å². The molecule has 0 fully saturated rings. The van der Waals surface area contributed by atoms with E-state index in [0.717, 1.165) is 5.56 Å². The lowest BCUT2D eigenvalue weighted by Gasteiger charge is -2.04. The lowest BCUT2D eigenvalue weighted by atomic mass is 10.1. The van der Waals surface area contributed by atoms with Crippen LogP contribution in [0.2, 0.25) is 0 Å². The zero-order valence-electron chi connectivity index (χ0n) is 13.9. The molecule has 0 unspecified atom stereocenters. The maximum atomic E-state index is 12.2. The molecule has 26 heavy (non-hydrogen) atoms. The van der Waals surface area contributed by atoms with E-state index in [1.165, 1.54) is 12.1 Å². The maximum Gasteiger partial charge on any atom is 0.270 e. The summed E-state index contributed by atoms with van der Waals surface area (Å²) in [7, 11) is 1.57. The van der Waals surface area contributed by atoms with E-state index in [1.54, 1.807) is 37.4 Å². The number of carbonyl (C=O) groups is 1. The molecular formula is C18H16N4O4. The molecule has 1 aromatic heterocycles. The minimum absolute atomic E-state index is 0.0132. The fourth-order valence-electron chi connectivity index (χ4n) is 2.48. The van der Waals surface area contributed by atoms with Gasteiger partial charge in [0.1, 0.15) is 5.75 Å². The van der Waals surface area contributed by atoms with Crippen molar-refractivity contribution >= 4 is 17.4 Å². The van der Waals surface area contributed by atoms with E-state index >= 15 is 0 Å². The second-order valence-corrected chi connectivity index (χ2v) is 5.55. The second kappa shape index (κ2) is 7.47. The number of ether oxygens (including phenoxy) is 1. The molecule has 8 heteroatoms. The zero-order valence-corrected chi connectivity index (χ0v) is 13.9. The number of methoxy groups -OCH3 is 1. The number of rotatable bonds is 6. The number of hydrogen-bond acceptors (Lipinski definition) is 5. The smallest absolute Gasteiger partial charge is 0.270 e. The van der Waals surface area contributed by atoms with E-state index in [9.17, 15) is 14.9 Å². The fourth-order valence-corrected chi connectivity index (χ4v) is 2.48. The molecule has 0 aliphatic carbocycles. The van der Waals surface area contributed by atoms with Gasteiger partial charge in [-0.2, -0.15) is 5.10 Å². The molecule has 1 heterocycles. The highest BCUT2D eigenvalue weighted by molar-refractivity contribution is 5.92. The van der Waals surface area contributed by atoms with Crippen molar-refractivity contribution in [3.8, 4) is 17.0 Å². The first-order chi connectivity index (χ1) is 12.5. The minimum atomic E-state index is -0.462. The minimum Gasteiger partial charge on any atom is -0.497 e. The number of nitro benzene ring substituents is 1. The Labute approximate surface area is 149 Å². The van der Waals surface area contributed by atoms with Crippen molar-refractivity contribution in [2.24, 2.45) is 0 Å². The van der Waals surface area contributed by atoms with Gasteiger partial charge in [0.25, 0.3) is 5.69 Å². The lowest BCUT2D eigenvalue weighted by molar-refractivity contribution is -0.384. The highest BCUT2D eigenvalue weighted by Crippen LogP contribution is 2.24. The van der Waals surface area contributed by atoms with Crippen LogP contribution in [0.25, 0.3) is 11.3 Å². The Bertz CT molecular complexity index is 952. The van der Waals surface area contributed by atoms with Gasteiger partial charge >= 0.3 is 0 Å². The molecular weight excluding hydrogens is 336 g/mol. The molecule has 0 aliphatic rings. The third-order valence-electron chi connectivity index (χ3n) is 3.71. The molecule has 0 spiro atoms. The molecule has 1 amide bonds. The predicted molar refractivity (Wildman–Crippen MR) is 96.0 cm³/mol. The number of aromatic amines is 1. The predicted octanol–water partition coefficient (Wildman–Crippen LogP) is 3.17. The molecule has 3 rings (SSSR count). The molecule has 8 nitrogen and oxygen atoms in total. The lowest BCUT2D eigenvalue weighted by Crippen LogP contribution is -2.14. The van der Waals surface area contributed by atoms with Gasteiger partial charge in [0.05, 0.1) is 24.1 Å². The molecule has 132 valence electrons. The summed E-state index contributed by atoms with van der Waals surface area (Å²) in [5.41, 5.74) is 1.99. The van der Waals surface area contributed by atoms with Crippen LogP contribution in [0.3, 0.4) is 0 Å². The molecule has 0 atom stereocenters. The molecule has 2 N–H and O–H groups in total. The Kier molecular flexibility index (Phi) is 4.93. The third-order valence-corrected chi connectivity index (χ3v) is 3.71. The largest absolute Gasteiger partial charge is 0.497 e. The number of non-ortho nitro benzene ring substituents is 1. The van der Waals surface area contributed by atoms with Crippen LogP contribution in [0.1, 0.15) is 5.56 Å². The van der Waals surface area contributed by atoms with Crippen molar-refractivity contribution in [1.29, 1.82) is 0 Å². The van der Waals surface area contributed by atoms with Gasteiger partial charge in [-0.15, -0.1) is 0 Å². The highest BCUT2D eigenvalue weighted by atomic mass is 16.6. The van der Waals surface area contributed by atoms with E-state index in [2.05, 4.69) is 15.5 Å². The molecule has 0 radical (unpaired) electrons. The van der Waals surface area contributed by atoms with E-state index < -0.39 is 4.92 Å². The number of nitro groups is 1. The van der Waals surface area contributed by atoms with E-state index in [0.29, 0.717) is 22.8 Å².